The Bertz CT molecular complexity index is 563. The number of unbranched alkanes of at least 4 members (excludes halogenated alkanes) is 8. The molecule has 0 aliphatic rings. The van der Waals surface area contributed by atoms with Crippen LogP contribution in [0.2, 0.25) is 0 Å². The van der Waals surface area contributed by atoms with Gasteiger partial charge in [0.05, 0.1) is 0 Å². The monoisotopic (exact) mass is 400 g/mol. The van der Waals surface area contributed by atoms with Gasteiger partial charge in [-0.3, -0.25) is 4.79 Å². The highest BCUT2D eigenvalue weighted by molar-refractivity contribution is 5.69. The molecule has 3 nitrogen and oxygen atoms in total. The lowest BCUT2D eigenvalue weighted by molar-refractivity contribution is -0.161. The van der Waals surface area contributed by atoms with Crippen LogP contribution in [-0.4, -0.2) is 12.3 Å². The maximum atomic E-state index is 11.9. The SMILES string of the molecule is CCCCC/C=C\C/C=C\CCCCCCCC(=O)OC(C)Oc1ccccc1. The summed E-state index contributed by atoms with van der Waals surface area (Å²) in [4.78, 5) is 11.9. The zero-order chi connectivity index (χ0) is 21.0. The summed E-state index contributed by atoms with van der Waals surface area (Å²) in [5.41, 5.74) is 0. The molecule has 0 spiro atoms. The normalized spacial score (nSPS) is 12.5. The van der Waals surface area contributed by atoms with Gasteiger partial charge in [0.25, 0.3) is 0 Å². The lowest BCUT2D eigenvalue weighted by atomic mass is 10.1. The minimum atomic E-state index is -0.553. The second kappa shape index (κ2) is 18.0. The molecular formula is C26H40O3. The molecule has 1 aromatic rings. The summed E-state index contributed by atoms with van der Waals surface area (Å²) in [5, 5.41) is 0. The number of carbonyl (C=O) groups is 1. The van der Waals surface area contributed by atoms with E-state index >= 15 is 0 Å². The minimum absolute atomic E-state index is 0.181. The molecule has 1 rings (SSSR count). The molecule has 29 heavy (non-hydrogen) atoms. The van der Waals surface area contributed by atoms with Crippen LogP contribution in [0.1, 0.15) is 90.9 Å². The number of hydrogen-bond donors (Lipinski definition) is 0. The molecule has 0 radical (unpaired) electrons. The summed E-state index contributed by atoms with van der Waals surface area (Å²) in [6, 6.07) is 9.42. The summed E-state index contributed by atoms with van der Waals surface area (Å²) in [6.07, 6.45) is 22.0. The highest BCUT2D eigenvalue weighted by Gasteiger charge is 2.10. The fraction of sp³-hybridized carbons (Fsp3) is 0.577. The first kappa shape index (κ1) is 25.0. The first-order chi connectivity index (χ1) is 14.2. The van der Waals surface area contributed by atoms with Crippen LogP contribution < -0.4 is 4.74 Å². The van der Waals surface area contributed by atoms with Crippen molar-refractivity contribution in [2.75, 3.05) is 0 Å². The van der Waals surface area contributed by atoms with Gasteiger partial charge >= 0.3 is 5.97 Å². The van der Waals surface area contributed by atoms with Gasteiger partial charge in [-0.05, 0) is 50.7 Å². The molecule has 0 saturated heterocycles. The number of para-hydroxylation sites is 1. The Labute approximate surface area is 178 Å². The third-order valence-corrected chi connectivity index (χ3v) is 4.67. The van der Waals surface area contributed by atoms with Crippen LogP contribution in [0.4, 0.5) is 0 Å². The van der Waals surface area contributed by atoms with Crippen LogP contribution >= 0.6 is 0 Å². The van der Waals surface area contributed by atoms with Crippen LogP contribution in [0, 0.1) is 0 Å². The average Bonchev–Trinajstić information content (AvgIpc) is 2.71. The van der Waals surface area contributed by atoms with Gasteiger partial charge in [-0.1, -0.05) is 81.5 Å². The van der Waals surface area contributed by atoms with Crippen molar-refractivity contribution >= 4 is 5.97 Å². The van der Waals surface area contributed by atoms with E-state index in [0.29, 0.717) is 12.2 Å². The molecular weight excluding hydrogens is 360 g/mol. The molecule has 0 N–H and O–H groups in total. The van der Waals surface area contributed by atoms with Crippen molar-refractivity contribution in [2.24, 2.45) is 0 Å². The van der Waals surface area contributed by atoms with E-state index in [1.165, 1.54) is 44.9 Å². The highest BCUT2D eigenvalue weighted by Crippen LogP contribution is 2.13. The Morgan fingerprint density at radius 1 is 0.862 bits per heavy atom. The van der Waals surface area contributed by atoms with Crippen LogP contribution in [-0.2, 0) is 9.53 Å². The van der Waals surface area contributed by atoms with Gasteiger partial charge in [0.15, 0.2) is 0 Å². The number of ether oxygens (including phenoxy) is 2. The van der Waals surface area contributed by atoms with E-state index in [1.54, 1.807) is 6.92 Å². The van der Waals surface area contributed by atoms with Crippen molar-refractivity contribution in [2.45, 2.75) is 97.2 Å². The molecule has 1 atom stereocenters. The van der Waals surface area contributed by atoms with Gasteiger partial charge < -0.3 is 9.47 Å². The molecule has 0 aliphatic carbocycles. The Morgan fingerprint density at radius 2 is 1.48 bits per heavy atom. The molecule has 1 unspecified atom stereocenters. The fourth-order valence-corrected chi connectivity index (χ4v) is 3.04. The van der Waals surface area contributed by atoms with Crippen LogP contribution in [0.5, 0.6) is 5.75 Å². The van der Waals surface area contributed by atoms with Crippen LogP contribution in [0.3, 0.4) is 0 Å². The third-order valence-electron chi connectivity index (χ3n) is 4.67. The minimum Gasteiger partial charge on any atom is -0.455 e. The van der Waals surface area contributed by atoms with Gasteiger partial charge in [-0.2, -0.15) is 0 Å². The predicted molar refractivity (Wildman–Crippen MR) is 122 cm³/mol. The lowest BCUT2D eigenvalue weighted by Gasteiger charge is -2.15. The molecule has 0 aromatic heterocycles. The van der Waals surface area contributed by atoms with Crippen LogP contribution in [0.15, 0.2) is 54.6 Å². The molecule has 0 aliphatic heterocycles. The van der Waals surface area contributed by atoms with E-state index in [1.807, 2.05) is 30.3 Å². The molecule has 0 saturated carbocycles. The average molecular weight is 401 g/mol. The number of allylic oxidation sites excluding steroid dienone is 4. The summed E-state index contributed by atoms with van der Waals surface area (Å²) in [5.74, 6) is 0.531. The second-order valence-corrected chi connectivity index (χ2v) is 7.47. The summed E-state index contributed by atoms with van der Waals surface area (Å²) >= 11 is 0. The fourth-order valence-electron chi connectivity index (χ4n) is 3.04. The van der Waals surface area contributed by atoms with Crippen molar-refractivity contribution in [1.82, 2.24) is 0 Å². The first-order valence-electron chi connectivity index (χ1n) is 11.4. The van der Waals surface area contributed by atoms with E-state index in [4.69, 9.17) is 9.47 Å². The maximum absolute atomic E-state index is 11.9. The third kappa shape index (κ3) is 15.6. The van der Waals surface area contributed by atoms with Crippen molar-refractivity contribution in [1.29, 1.82) is 0 Å². The summed E-state index contributed by atoms with van der Waals surface area (Å²) in [6.45, 7) is 3.99. The number of hydrogen-bond acceptors (Lipinski definition) is 3. The Balaban J connectivity index is 1.91. The smallest absolute Gasteiger partial charge is 0.308 e. The molecule has 0 heterocycles. The van der Waals surface area contributed by atoms with E-state index < -0.39 is 6.29 Å². The second-order valence-electron chi connectivity index (χ2n) is 7.47. The number of benzene rings is 1. The number of esters is 1. The quantitative estimate of drug-likeness (QED) is 0.116. The zero-order valence-electron chi connectivity index (χ0n) is 18.5. The van der Waals surface area contributed by atoms with Gasteiger partial charge in [0.1, 0.15) is 5.75 Å². The van der Waals surface area contributed by atoms with Gasteiger partial charge in [-0.25, -0.2) is 0 Å². The summed E-state index contributed by atoms with van der Waals surface area (Å²) < 4.78 is 10.9. The topological polar surface area (TPSA) is 35.5 Å². The summed E-state index contributed by atoms with van der Waals surface area (Å²) in [7, 11) is 0. The largest absolute Gasteiger partial charge is 0.455 e. The van der Waals surface area contributed by atoms with E-state index in [-0.39, 0.29) is 5.97 Å². The maximum Gasteiger partial charge on any atom is 0.308 e. The number of carbonyl (C=O) groups excluding carboxylic acids is 1. The Morgan fingerprint density at radius 3 is 2.17 bits per heavy atom. The molecule has 3 heteroatoms. The van der Waals surface area contributed by atoms with Gasteiger partial charge in [0, 0.05) is 13.3 Å². The molecule has 0 bridgehead atoms. The van der Waals surface area contributed by atoms with Gasteiger partial charge in [-0.15, -0.1) is 0 Å². The Hall–Kier alpha value is -2.03. The standard InChI is InChI=1S/C26H40O3/c1-3-4-5-6-7-8-9-10-11-12-13-14-15-16-20-23-26(27)29-24(2)28-25-21-18-17-19-22-25/h7-8,10-11,17-19,21-22,24H,3-6,9,12-16,20,23H2,1-2H3/b8-7-,11-10-. The number of rotatable bonds is 17. The Kier molecular flexibility index (Phi) is 15.5. The molecule has 0 amide bonds. The molecule has 162 valence electrons. The van der Waals surface area contributed by atoms with E-state index in [9.17, 15) is 4.79 Å². The van der Waals surface area contributed by atoms with Gasteiger partial charge in [0.2, 0.25) is 6.29 Å². The first-order valence-corrected chi connectivity index (χ1v) is 11.4. The van der Waals surface area contributed by atoms with Crippen molar-refractivity contribution in [3.05, 3.63) is 54.6 Å². The van der Waals surface area contributed by atoms with Crippen molar-refractivity contribution < 1.29 is 14.3 Å². The molecule has 1 aromatic carbocycles. The van der Waals surface area contributed by atoms with Crippen LogP contribution in [0.25, 0.3) is 0 Å². The van der Waals surface area contributed by atoms with E-state index in [2.05, 4.69) is 31.2 Å². The van der Waals surface area contributed by atoms with Crippen molar-refractivity contribution in [3.8, 4) is 5.75 Å². The predicted octanol–water partition coefficient (Wildman–Crippen LogP) is 7.77. The molecule has 0 fully saturated rings. The van der Waals surface area contributed by atoms with E-state index in [0.717, 1.165) is 25.7 Å². The zero-order valence-corrected chi connectivity index (χ0v) is 18.5. The van der Waals surface area contributed by atoms with Crippen molar-refractivity contribution in [3.63, 3.8) is 0 Å². The lowest BCUT2D eigenvalue weighted by Crippen LogP contribution is -2.20. The highest BCUT2D eigenvalue weighted by atomic mass is 16.7.